The van der Waals surface area contributed by atoms with Gasteiger partial charge in [0.15, 0.2) is 0 Å². The minimum atomic E-state index is -0.126. The molecule has 0 saturated heterocycles. The molecule has 27 heavy (non-hydrogen) atoms. The number of hydrogen-bond donors (Lipinski definition) is 1. The van der Waals surface area contributed by atoms with Gasteiger partial charge in [0, 0.05) is 41.5 Å². The van der Waals surface area contributed by atoms with E-state index < -0.39 is 0 Å². The summed E-state index contributed by atoms with van der Waals surface area (Å²) in [6.45, 7) is 4.78. The summed E-state index contributed by atoms with van der Waals surface area (Å²) in [5, 5.41) is 7.09. The number of pyridine rings is 1. The fraction of sp³-hybridized carbons (Fsp3) is 0.273. The molecule has 0 saturated carbocycles. The molecule has 0 radical (unpaired) electrons. The third kappa shape index (κ3) is 2.62. The van der Waals surface area contributed by atoms with Crippen molar-refractivity contribution in [1.29, 1.82) is 0 Å². The van der Waals surface area contributed by atoms with Crippen LogP contribution in [0.3, 0.4) is 0 Å². The van der Waals surface area contributed by atoms with Crippen LogP contribution in [-0.2, 0) is 7.05 Å². The summed E-state index contributed by atoms with van der Waals surface area (Å²) < 4.78 is 7.62. The molecule has 0 fully saturated rings. The van der Waals surface area contributed by atoms with E-state index in [0.717, 1.165) is 50.3 Å². The van der Waals surface area contributed by atoms with Gasteiger partial charge in [-0.3, -0.25) is 9.78 Å². The molecule has 0 unspecified atom stereocenters. The molecular weight excluding hydrogens is 338 g/mol. The third-order valence-corrected chi connectivity index (χ3v) is 5.23. The molecule has 0 aliphatic rings. The zero-order valence-corrected chi connectivity index (χ0v) is 16.1. The molecule has 0 aliphatic carbocycles. The number of nitrogens with zero attached hydrogens (tertiary/aromatic N) is 2. The summed E-state index contributed by atoms with van der Waals surface area (Å²) in [5.74, 6) is 0.693. The van der Waals surface area contributed by atoms with Crippen LogP contribution in [0.5, 0.6) is 5.75 Å². The van der Waals surface area contributed by atoms with Gasteiger partial charge in [0.25, 0.3) is 5.91 Å². The Labute approximate surface area is 157 Å². The highest BCUT2D eigenvalue weighted by atomic mass is 16.5. The molecular formula is C22H23N3O2. The minimum absolute atomic E-state index is 0.126. The minimum Gasteiger partial charge on any atom is -0.497 e. The van der Waals surface area contributed by atoms with Crippen LogP contribution in [0, 0.1) is 6.92 Å². The molecule has 1 amide bonds. The molecule has 2 aromatic heterocycles. The Morgan fingerprint density at radius 3 is 2.70 bits per heavy atom. The van der Waals surface area contributed by atoms with Gasteiger partial charge in [0.05, 0.1) is 12.6 Å². The average Bonchev–Trinajstić information content (AvgIpc) is 2.97. The first-order chi connectivity index (χ1) is 13.1. The van der Waals surface area contributed by atoms with Gasteiger partial charge in [-0.2, -0.15) is 0 Å². The topological polar surface area (TPSA) is 56.1 Å². The molecule has 4 rings (SSSR count). The van der Waals surface area contributed by atoms with Gasteiger partial charge in [-0.25, -0.2) is 0 Å². The van der Waals surface area contributed by atoms with E-state index in [1.165, 1.54) is 0 Å². The number of aryl methyl sites for hydroxylation is 2. The molecule has 2 heterocycles. The fourth-order valence-corrected chi connectivity index (χ4v) is 3.90. The van der Waals surface area contributed by atoms with E-state index in [4.69, 9.17) is 4.74 Å². The molecule has 5 nitrogen and oxygen atoms in total. The second-order valence-electron chi connectivity index (χ2n) is 6.85. The quantitative estimate of drug-likeness (QED) is 0.588. The van der Waals surface area contributed by atoms with Crippen molar-refractivity contribution < 1.29 is 9.53 Å². The van der Waals surface area contributed by atoms with Gasteiger partial charge >= 0.3 is 0 Å². The maximum absolute atomic E-state index is 12.6. The molecule has 138 valence electrons. The number of carbonyl (C=O) groups excluding carboxylic acids is 1. The number of fused-ring (bicyclic) bond motifs is 4. The van der Waals surface area contributed by atoms with Gasteiger partial charge in [-0.05, 0) is 54.6 Å². The summed E-state index contributed by atoms with van der Waals surface area (Å²) in [6, 6.07) is 10.2. The lowest BCUT2D eigenvalue weighted by Gasteiger charge is -2.10. The van der Waals surface area contributed by atoms with E-state index >= 15 is 0 Å². The number of aromatic nitrogens is 2. The smallest absolute Gasteiger partial charge is 0.270 e. The van der Waals surface area contributed by atoms with Crippen molar-refractivity contribution in [2.24, 2.45) is 7.05 Å². The normalized spacial score (nSPS) is 11.4. The zero-order valence-electron chi connectivity index (χ0n) is 16.1. The van der Waals surface area contributed by atoms with E-state index in [0.29, 0.717) is 12.2 Å². The van der Waals surface area contributed by atoms with Crippen LogP contribution >= 0.6 is 0 Å². The van der Waals surface area contributed by atoms with Gasteiger partial charge in [-0.1, -0.05) is 6.92 Å². The van der Waals surface area contributed by atoms with Crippen molar-refractivity contribution in [3.05, 3.63) is 47.8 Å². The molecule has 0 bridgehead atoms. The summed E-state index contributed by atoms with van der Waals surface area (Å²) >= 11 is 0. The summed E-state index contributed by atoms with van der Waals surface area (Å²) in [6.07, 6.45) is 2.61. The first-order valence-electron chi connectivity index (χ1n) is 9.19. The SMILES string of the molecule is CCCNC(=O)c1nccc2c(C)c3c(cc12)c1cc(OC)ccc1n3C. The lowest BCUT2D eigenvalue weighted by Crippen LogP contribution is -2.25. The van der Waals surface area contributed by atoms with Crippen LogP contribution in [0.4, 0.5) is 0 Å². The Morgan fingerprint density at radius 1 is 1.15 bits per heavy atom. The number of rotatable bonds is 4. The van der Waals surface area contributed by atoms with Crippen molar-refractivity contribution in [2.75, 3.05) is 13.7 Å². The number of amides is 1. The number of nitrogens with one attached hydrogen (secondary N) is 1. The lowest BCUT2D eigenvalue weighted by atomic mass is 10.00. The molecule has 5 heteroatoms. The number of methoxy groups -OCH3 is 1. The second-order valence-corrected chi connectivity index (χ2v) is 6.85. The van der Waals surface area contributed by atoms with Crippen LogP contribution in [-0.4, -0.2) is 29.1 Å². The predicted octanol–water partition coefficient (Wildman–Crippen LogP) is 4.34. The van der Waals surface area contributed by atoms with E-state index in [1.807, 2.05) is 19.1 Å². The highest BCUT2D eigenvalue weighted by Gasteiger charge is 2.18. The molecule has 1 N–H and O–H groups in total. The Morgan fingerprint density at radius 2 is 1.96 bits per heavy atom. The lowest BCUT2D eigenvalue weighted by molar-refractivity contribution is 0.0950. The maximum atomic E-state index is 12.6. The monoisotopic (exact) mass is 361 g/mol. The van der Waals surface area contributed by atoms with Crippen LogP contribution < -0.4 is 10.1 Å². The van der Waals surface area contributed by atoms with E-state index in [9.17, 15) is 4.79 Å². The highest BCUT2D eigenvalue weighted by Crippen LogP contribution is 2.36. The van der Waals surface area contributed by atoms with Crippen molar-refractivity contribution in [2.45, 2.75) is 20.3 Å². The Bertz CT molecular complexity index is 1190. The van der Waals surface area contributed by atoms with E-state index in [-0.39, 0.29) is 5.91 Å². The first kappa shape index (κ1) is 17.3. The zero-order chi connectivity index (χ0) is 19.1. The molecule has 0 atom stereocenters. The number of benzene rings is 2. The summed E-state index contributed by atoms with van der Waals surface area (Å²) in [4.78, 5) is 17.0. The number of hydrogen-bond acceptors (Lipinski definition) is 3. The summed E-state index contributed by atoms with van der Waals surface area (Å²) in [5.41, 5.74) is 3.92. The summed E-state index contributed by atoms with van der Waals surface area (Å²) in [7, 11) is 3.75. The predicted molar refractivity (Wildman–Crippen MR) is 110 cm³/mol. The van der Waals surface area contributed by atoms with Crippen molar-refractivity contribution in [3.8, 4) is 5.75 Å². The number of ether oxygens (including phenoxy) is 1. The molecule has 2 aromatic carbocycles. The maximum Gasteiger partial charge on any atom is 0.270 e. The van der Waals surface area contributed by atoms with Gasteiger partial charge < -0.3 is 14.6 Å². The van der Waals surface area contributed by atoms with E-state index in [1.54, 1.807) is 13.3 Å². The van der Waals surface area contributed by atoms with Crippen LogP contribution in [0.15, 0.2) is 36.5 Å². The van der Waals surface area contributed by atoms with Crippen molar-refractivity contribution in [3.63, 3.8) is 0 Å². The first-order valence-corrected chi connectivity index (χ1v) is 9.19. The third-order valence-electron chi connectivity index (χ3n) is 5.23. The fourth-order valence-electron chi connectivity index (χ4n) is 3.90. The van der Waals surface area contributed by atoms with Gasteiger partial charge in [0.1, 0.15) is 11.4 Å². The Hall–Kier alpha value is -3.08. The van der Waals surface area contributed by atoms with Crippen LogP contribution in [0.1, 0.15) is 29.4 Å². The van der Waals surface area contributed by atoms with Gasteiger partial charge in [0.2, 0.25) is 0 Å². The van der Waals surface area contributed by atoms with E-state index in [2.05, 4.69) is 47.0 Å². The molecule has 0 spiro atoms. The Kier molecular flexibility index (Phi) is 4.22. The van der Waals surface area contributed by atoms with Crippen molar-refractivity contribution in [1.82, 2.24) is 14.9 Å². The highest BCUT2D eigenvalue weighted by molar-refractivity contribution is 6.17. The molecule has 4 aromatic rings. The Balaban J connectivity index is 2.08. The average molecular weight is 361 g/mol. The van der Waals surface area contributed by atoms with Crippen LogP contribution in [0.25, 0.3) is 32.6 Å². The van der Waals surface area contributed by atoms with Crippen LogP contribution in [0.2, 0.25) is 0 Å². The largest absolute Gasteiger partial charge is 0.497 e. The standard InChI is InChI=1S/C22H23N3O2/c1-5-9-24-22(26)20-17-12-18-16-11-14(27-4)6-7-19(16)25(3)21(18)13(2)15(17)8-10-23-20/h6-8,10-12H,5,9H2,1-4H3,(H,24,26). The number of carbonyl (C=O) groups is 1. The molecule has 0 aliphatic heterocycles. The van der Waals surface area contributed by atoms with Gasteiger partial charge in [-0.15, -0.1) is 0 Å². The van der Waals surface area contributed by atoms with Crippen molar-refractivity contribution >= 4 is 38.5 Å². The second kappa shape index (κ2) is 6.58.